The van der Waals surface area contributed by atoms with Crippen LogP contribution in [0.1, 0.15) is 5.56 Å². The lowest BCUT2D eigenvalue weighted by atomic mass is 10.2. The van der Waals surface area contributed by atoms with E-state index in [1.807, 2.05) is 0 Å². The van der Waals surface area contributed by atoms with Gasteiger partial charge in [-0.3, -0.25) is 0 Å². The molecule has 0 N–H and O–H groups in total. The first-order valence-electron chi connectivity index (χ1n) is 4.93. The molecule has 0 unspecified atom stereocenters. The van der Waals surface area contributed by atoms with Crippen LogP contribution in [0.15, 0.2) is 40.9 Å². The van der Waals surface area contributed by atoms with Gasteiger partial charge in [-0.1, -0.05) is 29.3 Å². The van der Waals surface area contributed by atoms with Gasteiger partial charge < -0.3 is 4.74 Å². The van der Waals surface area contributed by atoms with Crippen molar-refractivity contribution in [3.63, 3.8) is 0 Å². The van der Waals surface area contributed by atoms with Crippen LogP contribution in [0.2, 0.25) is 10.0 Å². The summed E-state index contributed by atoms with van der Waals surface area (Å²) in [6.07, 6.45) is 0. The molecule has 0 spiro atoms. The van der Waals surface area contributed by atoms with Gasteiger partial charge >= 0.3 is 0 Å². The van der Waals surface area contributed by atoms with E-state index in [4.69, 9.17) is 33.2 Å². The number of nitriles is 1. The van der Waals surface area contributed by atoms with Gasteiger partial charge in [0.05, 0.1) is 10.0 Å². The lowest BCUT2D eigenvalue weighted by Gasteiger charge is -2.09. The van der Waals surface area contributed by atoms with Gasteiger partial charge in [0, 0.05) is 10.5 Å². The number of ether oxygens (including phenoxy) is 1. The van der Waals surface area contributed by atoms with Crippen molar-refractivity contribution in [1.82, 2.24) is 0 Å². The van der Waals surface area contributed by atoms with Gasteiger partial charge in [0.25, 0.3) is 0 Å². The summed E-state index contributed by atoms with van der Waals surface area (Å²) in [6.45, 7) is 0. The number of benzene rings is 2. The Bertz CT molecular complexity index is 637. The fourth-order valence-electron chi connectivity index (χ4n) is 1.37. The monoisotopic (exact) mass is 341 g/mol. The van der Waals surface area contributed by atoms with E-state index in [1.54, 1.807) is 36.4 Å². The van der Waals surface area contributed by atoms with Crippen molar-refractivity contribution in [2.45, 2.75) is 0 Å². The molecule has 0 aliphatic heterocycles. The lowest BCUT2D eigenvalue weighted by Crippen LogP contribution is -1.89. The molecule has 5 heteroatoms. The summed E-state index contributed by atoms with van der Waals surface area (Å²) in [5.41, 5.74) is 0.434. The van der Waals surface area contributed by atoms with Crippen LogP contribution in [-0.2, 0) is 0 Å². The summed E-state index contributed by atoms with van der Waals surface area (Å²) >= 11 is 15.0. The highest BCUT2D eigenvalue weighted by Crippen LogP contribution is 2.32. The first-order chi connectivity index (χ1) is 8.61. The molecular weight excluding hydrogens is 337 g/mol. The minimum atomic E-state index is 0.405. The number of nitrogens with zero attached hydrogens (tertiary/aromatic N) is 1. The van der Waals surface area contributed by atoms with Crippen molar-refractivity contribution in [2.75, 3.05) is 0 Å². The van der Waals surface area contributed by atoms with Crippen LogP contribution < -0.4 is 4.74 Å². The highest BCUT2D eigenvalue weighted by atomic mass is 79.9. The van der Waals surface area contributed by atoms with Crippen LogP contribution in [-0.4, -0.2) is 0 Å². The molecule has 0 bridgehead atoms. The molecule has 18 heavy (non-hydrogen) atoms. The number of hydrogen-bond donors (Lipinski definition) is 0. The molecule has 0 radical (unpaired) electrons. The van der Waals surface area contributed by atoms with E-state index in [-0.39, 0.29) is 0 Å². The molecule has 0 aromatic heterocycles. The van der Waals surface area contributed by atoms with Crippen LogP contribution in [0.5, 0.6) is 11.5 Å². The van der Waals surface area contributed by atoms with E-state index >= 15 is 0 Å². The van der Waals surface area contributed by atoms with E-state index < -0.39 is 0 Å². The van der Waals surface area contributed by atoms with Gasteiger partial charge in [0.2, 0.25) is 0 Å². The maximum absolute atomic E-state index is 9.07. The molecule has 2 aromatic rings. The Labute approximate surface area is 123 Å². The zero-order valence-electron chi connectivity index (χ0n) is 8.95. The Kier molecular flexibility index (Phi) is 4.13. The normalized spacial score (nSPS) is 9.89. The maximum Gasteiger partial charge on any atom is 0.146 e. The SMILES string of the molecule is N#Cc1c(Br)cccc1Oc1ccc(Cl)c(Cl)c1. The third-order valence-corrected chi connectivity index (χ3v) is 3.61. The van der Waals surface area contributed by atoms with Crippen molar-refractivity contribution in [1.29, 1.82) is 5.26 Å². The van der Waals surface area contributed by atoms with Gasteiger partial charge in [-0.05, 0) is 40.2 Å². The molecule has 0 amide bonds. The van der Waals surface area contributed by atoms with Gasteiger partial charge in [-0.15, -0.1) is 0 Å². The van der Waals surface area contributed by atoms with Crippen LogP contribution >= 0.6 is 39.1 Å². The van der Waals surface area contributed by atoms with E-state index in [1.165, 1.54) is 0 Å². The minimum Gasteiger partial charge on any atom is -0.456 e. The molecular formula is C13H6BrCl2NO. The molecule has 2 aromatic carbocycles. The van der Waals surface area contributed by atoms with Crippen LogP contribution in [0.25, 0.3) is 0 Å². The number of halogens is 3. The van der Waals surface area contributed by atoms with Crippen molar-refractivity contribution < 1.29 is 4.74 Å². The minimum absolute atomic E-state index is 0.405. The van der Waals surface area contributed by atoms with Crippen LogP contribution in [0.3, 0.4) is 0 Å². The predicted molar refractivity (Wildman–Crippen MR) is 75.4 cm³/mol. The second kappa shape index (κ2) is 5.62. The first-order valence-corrected chi connectivity index (χ1v) is 6.48. The maximum atomic E-state index is 9.07. The Hall–Kier alpha value is -1.21. The topological polar surface area (TPSA) is 33.0 Å². The quantitative estimate of drug-likeness (QED) is 0.730. The fraction of sp³-hybridized carbons (Fsp3) is 0. The van der Waals surface area contributed by atoms with E-state index in [2.05, 4.69) is 22.0 Å². The lowest BCUT2D eigenvalue weighted by molar-refractivity contribution is 0.481. The van der Waals surface area contributed by atoms with Crippen molar-refractivity contribution in [3.05, 3.63) is 56.5 Å². The highest BCUT2D eigenvalue weighted by Gasteiger charge is 2.09. The van der Waals surface area contributed by atoms with Crippen molar-refractivity contribution >= 4 is 39.1 Å². The van der Waals surface area contributed by atoms with E-state index in [0.717, 1.165) is 0 Å². The van der Waals surface area contributed by atoms with Gasteiger partial charge in [0.15, 0.2) is 0 Å². The van der Waals surface area contributed by atoms with Crippen LogP contribution in [0, 0.1) is 11.3 Å². The largest absolute Gasteiger partial charge is 0.456 e. The summed E-state index contributed by atoms with van der Waals surface area (Å²) in [6, 6.07) is 12.3. The summed E-state index contributed by atoms with van der Waals surface area (Å²) in [7, 11) is 0. The average Bonchev–Trinajstić information content (AvgIpc) is 2.34. The molecule has 0 saturated heterocycles. The smallest absolute Gasteiger partial charge is 0.146 e. The summed E-state index contributed by atoms with van der Waals surface area (Å²) in [5, 5.41) is 9.93. The van der Waals surface area contributed by atoms with E-state index in [0.29, 0.717) is 31.6 Å². The number of hydrogen-bond acceptors (Lipinski definition) is 2. The average molecular weight is 343 g/mol. The molecule has 0 fully saturated rings. The zero-order valence-corrected chi connectivity index (χ0v) is 12.1. The Morgan fingerprint density at radius 3 is 2.56 bits per heavy atom. The Morgan fingerprint density at radius 2 is 1.89 bits per heavy atom. The summed E-state index contributed by atoms with van der Waals surface area (Å²) < 4.78 is 6.30. The first kappa shape index (κ1) is 13.2. The third-order valence-electron chi connectivity index (χ3n) is 2.21. The second-order valence-electron chi connectivity index (χ2n) is 3.40. The third kappa shape index (κ3) is 2.78. The zero-order chi connectivity index (χ0) is 13.1. The molecule has 0 atom stereocenters. The van der Waals surface area contributed by atoms with Crippen LogP contribution in [0.4, 0.5) is 0 Å². The molecule has 2 nitrogen and oxygen atoms in total. The molecule has 2 rings (SSSR count). The predicted octanol–water partition coefficient (Wildman–Crippen LogP) is 5.42. The fourth-order valence-corrected chi connectivity index (χ4v) is 2.09. The molecule has 0 saturated carbocycles. The number of rotatable bonds is 2. The van der Waals surface area contributed by atoms with Crippen molar-refractivity contribution in [2.24, 2.45) is 0 Å². The van der Waals surface area contributed by atoms with Gasteiger partial charge in [0.1, 0.15) is 23.1 Å². The Balaban J connectivity index is 2.37. The molecule has 0 aliphatic carbocycles. The van der Waals surface area contributed by atoms with Gasteiger partial charge in [-0.25, -0.2) is 0 Å². The van der Waals surface area contributed by atoms with Gasteiger partial charge in [-0.2, -0.15) is 5.26 Å². The highest BCUT2D eigenvalue weighted by molar-refractivity contribution is 9.10. The second-order valence-corrected chi connectivity index (χ2v) is 5.07. The summed E-state index contributed by atoms with van der Waals surface area (Å²) in [5.74, 6) is 0.990. The summed E-state index contributed by atoms with van der Waals surface area (Å²) in [4.78, 5) is 0. The molecule has 0 heterocycles. The van der Waals surface area contributed by atoms with Crippen molar-refractivity contribution in [3.8, 4) is 17.6 Å². The standard InChI is InChI=1S/C13H6BrCl2NO/c14-10-2-1-3-13(9(10)7-17)18-8-4-5-11(15)12(16)6-8/h1-6H. The molecule has 0 aliphatic rings. The molecule has 90 valence electrons. The van der Waals surface area contributed by atoms with E-state index in [9.17, 15) is 0 Å². The Morgan fingerprint density at radius 1 is 1.11 bits per heavy atom.